The second kappa shape index (κ2) is 8.16. The Morgan fingerprint density at radius 2 is 2.07 bits per heavy atom. The van der Waals surface area contributed by atoms with E-state index in [4.69, 9.17) is 16.4 Å². The lowest BCUT2D eigenvalue weighted by atomic mass is 9.79. The van der Waals surface area contributed by atoms with Crippen molar-refractivity contribution in [1.29, 1.82) is 0 Å². The van der Waals surface area contributed by atoms with Gasteiger partial charge in [0, 0.05) is 10.7 Å². The number of nitrogens with one attached hydrogen (secondary N) is 1. The number of hydroxylamine groups is 2. The van der Waals surface area contributed by atoms with Gasteiger partial charge in [0.25, 0.3) is 5.91 Å². The maximum atomic E-state index is 12.7. The Morgan fingerprint density at radius 3 is 2.66 bits per heavy atom. The van der Waals surface area contributed by atoms with Crippen LogP contribution in [0.1, 0.15) is 39.2 Å². The molecular weight excluding hydrogens is 396 g/mol. The highest BCUT2D eigenvalue weighted by Gasteiger charge is 2.40. The monoisotopic (exact) mass is 420 g/mol. The number of allylic oxidation sites excluding steroid dienone is 2. The summed E-state index contributed by atoms with van der Waals surface area (Å²) in [6.45, 7) is 6.07. The van der Waals surface area contributed by atoms with Crippen molar-refractivity contribution in [2.75, 3.05) is 11.9 Å². The van der Waals surface area contributed by atoms with E-state index in [2.05, 4.69) is 5.32 Å². The van der Waals surface area contributed by atoms with Gasteiger partial charge in [-0.05, 0) is 51.3 Å². The molecule has 0 saturated carbocycles. The molecule has 1 aliphatic carbocycles. The molecule has 3 rings (SSSR count). The van der Waals surface area contributed by atoms with Crippen LogP contribution in [0.4, 0.5) is 5.69 Å². The molecule has 2 aliphatic rings. The smallest absolute Gasteiger partial charge is 0.307 e. The van der Waals surface area contributed by atoms with Gasteiger partial charge in [-0.15, -0.1) is 0 Å². The summed E-state index contributed by atoms with van der Waals surface area (Å²) in [6, 6.07) is 5.01. The van der Waals surface area contributed by atoms with Crippen molar-refractivity contribution >= 4 is 35.1 Å². The van der Waals surface area contributed by atoms with E-state index in [1.807, 2.05) is 26.8 Å². The zero-order valence-corrected chi connectivity index (χ0v) is 17.5. The standard InChI is InChI=1S/C21H25ClN2O5/c1-12-4-7-15(19(26)27)16(8-12)18(25)23-14-6-5-13(17(22)9-14)10-24-20(28)21(2,3)11-29-24/h4-6,9,15-16H,7-8,10-11H2,1-3H3,(H,23,25)(H,26,27)/t15-,16+/m0/s1. The van der Waals surface area contributed by atoms with Crippen LogP contribution in [-0.4, -0.2) is 34.6 Å². The average molecular weight is 421 g/mol. The van der Waals surface area contributed by atoms with Gasteiger partial charge in [-0.1, -0.05) is 29.3 Å². The number of rotatable bonds is 5. The molecule has 1 aromatic carbocycles. The van der Waals surface area contributed by atoms with Gasteiger partial charge in [0.2, 0.25) is 5.91 Å². The van der Waals surface area contributed by atoms with Gasteiger partial charge in [0.05, 0.1) is 30.4 Å². The Bertz CT molecular complexity index is 880. The van der Waals surface area contributed by atoms with Gasteiger partial charge in [-0.3, -0.25) is 19.2 Å². The molecule has 156 valence electrons. The zero-order chi connectivity index (χ0) is 21.3. The quantitative estimate of drug-likeness (QED) is 0.709. The van der Waals surface area contributed by atoms with E-state index < -0.39 is 23.2 Å². The van der Waals surface area contributed by atoms with Crippen molar-refractivity contribution in [3.8, 4) is 0 Å². The van der Waals surface area contributed by atoms with Gasteiger partial charge in [0.1, 0.15) is 0 Å². The topological polar surface area (TPSA) is 95.9 Å². The fourth-order valence-corrected chi connectivity index (χ4v) is 3.81. The number of amides is 2. The number of hydrogen-bond donors (Lipinski definition) is 2. The molecule has 8 heteroatoms. The summed E-state index contributed by atoms with van der Waals surface area (Å²) in [5.74, 6) is -2.79. The van der Waals surface area contributed by atoms with E-state index in [9.17, 15) is 19.5 Å². The fourth-order valence-electron chi connectivity index (χ4n) is 3.57. The van der Waals surface area contributed by atoms with E-state index in [1.165, 1.54) is 5.06 Å². The second-order valence-electron chi connectivity index (χ2n) is 8.34. The fraction of sp³-hybridized carbons (Fsp3) is 0.476. The molecule has 0 spiro atoms. The number of carboxylic acids is 1. The second-order valence-corrected chi connectivity index (χ2v) is 8.74. The molecule has 29 heavy (non-hydrogen) atoms. The normalized spacial score (nSPS) is 23.7. The summed E-state index contributed by atoms with van der Waals surface area (Å²) in [6.07, 6.45) is 2.63. The van der Waals surface area contributed by atoms with Gasteiger partial charge in [0.15, 0.2) is 0 Å². The number of nitrogens with zero attached hydrogens (tertiary/aromatic N) is 1. The number of benzene rings is 1. The molecule has 1 heterocycles. The van der Waals surface area contributed by atoms with E-state index in [-0.39, 0.29) is 18.4 Å². The molecular formula is C21H25ClN2O5. The molecule has 0 radical (unpaired) electrons. The van der Waals surface area contributed by atoms with Gasteiger partial charge in [-0.25, -0.2) is 5.06 Å². The highest BCUT2D eigenvalue weighted by Crippen LogP contribution is 2.33. The van der Waals surface area contributed by atoms with E-state index in [0.29, 0.717) is 35.7 Å². The van der Waals surface area contributed by atoms with Crippen LogP contribution >= 0.6 is 11.6 Å². The highest BCUT2D eigenvalue weighted by atomic mass is 35.5. The first-order valence-electron chi connectivity index (χ1n) is 9.51. The Labute approximate surface area is 174 Å². The molecule has 7 nitrogen and oxygen atoms in total. The van der Waals surface area contributed by atoms with Crippen LogP contribution in [0.2, 0.25) is 5.02 Å². The SMILES string of the molecule is CC1=CC[C@H](C(=O)O)[C@H](C(=O)Nc2ccc(CN3OCC(C)(C)C3=O)c(Cl)c2)C1. The maximum absolute atomic E-state index is 12.7. The lowest BCUT2D eigenvalue weighted by Crippen LogP contribution is -2.35. The van der Waals surface area contributed by atoms with Crippen molar-refractivity contribution < 1.29 is 24.3 Å². The van der Waals surface area contributed by atoms with Crippen LogP contribution < -0.4 is 5.32 Å². The maximum Gasteiger partial charge on any atom is 0.307 e. The van der Waals surface area contributed by atoms with Crippen molar-refractivity contribution in [3.05, 3.63) is 40.4 Å². The number of halogens is 1. The third-order valence-corrected chi connectivity index (χ3v) is 5.77. The number of aliphatic carboxylic acids is 1. The summed E-state index contributed by atoms with van der Waals surface area (Å²) in [7, 11) is 0. The Morgan fingerprint density at radius 1 is 1.34 bits per heavy atom. The molecule has 2 N–H and O–H groups in total. The van der Waals surface area contributed by atoms with Crippen molar-refractivity contribution in [3.63, 3.8) is 0 Å². The largest absolute Gasteiger partial charge is 0.481 e. The lowest BCUT2D eigenvalue weighted by molar-refractivity contribution is -0.165. The Hall–Kier alpha value is -2.38. The lowest BCUT2D eigenvalue weighted by Gasteiger charge is -2.26. The third kappa shape index (κ3) is 4.62. The Balaban J connectivity index is 1.69. The highest BCUT2D eigenvalue weighted by molar-refractivity contribution is 6.31. The number of carbonyl (C=O) groups is 3. The molecule has 0 aromatic heterocycles. The van der Waals surface area contributed by atoms with Crippen molar-refractivity contribution in [2.45, 2.75) is 40.2 Å². The third-order valence-electron chi connectivity index (χ3n) is 5.42. The van der Waals surface area contributed by atoms with E-state index >= 15 is 0 Å². The Kier molecular flexibility index (Phi) is 6.00. The first kappa shape index (κ1) is 21.3. The number of carboxylic acid groups (broad SMARTS) is 1. The molecule has 1 fully saturated rings. The zero-order valence-electron chi connectivity index (χ0n) is 16.7. The van der Waals surface area contributed by atoms with Crippen LogP contribution in [0, 0.1) is 17.3 Å². The summed E-state index contributed by atoms with van der Waals surface area (Å²) < 4.78 is 0. The predicted octanol–water partition coefficient (Wildman–Crippen LogP) is 3.64. The van der Waals surface area contributed by atoms with Gasteiger partial charge in [-0.2, -0.15) is 0 Å². The summed E-state index contributed by atoms with van der Waals surface area (Å²) in [5, 5.41) is 13.9. The first-order valence-corrected chi connectivity index (χ1v) is 9.89. The van der Waals surface area contributed by atoms with Crippen LogP contribution in [0.5, 0.6) is 0 Å². The molecule has 1 aliphatic heterocycles. The molecule has 1 aromatic rings. The number of anilines is 1. The summed E-state index contributed by atoms with van der Waals surface area (Å²) in [5.41, 5.74) is 1.62. The van der Waals surface area contributed by atoms with E-state index in [1.54, 1.807) is 18.2 Å². The molecule has 1 saturated heterocycles. The summed E-state index contributed by atoms with van der Waals surface area (Å²) >= 11 is 6.35. The number of carbonyl (C=O) groups excluding carboxylic acids is 2. The van der Waals surface area contributed by atoms with E-state index in [0.717, 1.165) is 5.57 Å². The predicted molar refractivity (Wildman–Crippen MR) is 108 cm³/mol. The molecule has 2 amide bonds. The van der Waals surface area contributed by atoms with Crippen molar-refractivity contribution in [1.82, 2.24) is 5.06 Å². The first-order chi connectivity index (χ1) is 13.6. The minimum Gasteiger partial charge on any atom is -0.481 e. The van der Waals surface area contributed by atoms with Crippen LogP contribution in [0.15, 0.2) is 29.8 Å². The molecule has 2 atom stereocenters. The molecule has 0 unspecified atom stereocenters. The number of hydrogen-bond acceptors (Lipinski definition) is 4. The summed E-state index contributed by atoms with van der Waals surface area (Å²) in [4.78, 5) is 41.9. The van der Waals surface area contributed by atoms with Gasteiger partial charge < -0.3 is 10.4 Å². The van der Waals surface area contributed by atoms with Crippen LogP contribution in [0.3, 0.4) is 0 Å². The van der Waals surface area contributed by atoms with Crippen LogP contribution in [-0.2, 0) is 25.8 Å². The minimum absolute atomic E-state index is 0.105. The van der Waals surface area contributed by atoms with Crippen molar-refractivity contribution in [2.24, 2.45) is 17.3 Å². The van der Waals surface area contributed by atoms with Gasteiger partial charge >= 0.3 is 5.97 Å². The average Bonchev–Trinajstić information content (AvgIpc) is 2.90. The molecule has 0 bridgehead atoms. The van der Waals surface area contributed by atoms with Crippen LogP contribution in [0.25, 0.3) is 0 Å². The minimum atomic E-state index is -0.972.